The van der Waals surface area contributed by atoms with E-state index in [0.717, 1.165) is 40.6 Å². The van der Waals surface area contributed by atoms with E-state index in [2.05, 4.69) is 29.5 Å². The number of rotatable bonds is 3. The molecule has 0 saturated carbocycles. The van der Waals surface area contributed by atoms with Crippen molar-refractivity contribution in [3.05, 3.63) is 65.4 Å². The van der Waals surface area contributed by atoms with Gasteiger partial charge in [0.1, 0.15) is 5.82 Å². The monoisotopic (exact) mass is 361 g/mol. The molecule has 0 aliphatic carbocycles. The molecule has 27 heavy (non-hydrogen) atoms. The van der Waals surface area contributed by atoms with Gasteiger partial charge in [-0.3, -0.25) is 4.79 Å². The molecular formula is C21H19N3O3. The summed E-state index contributed by atoms with van der Waals surface area (Å²) >= 11 is 0. The van der Waals surface area contributed by atoms with Crippen LogP contribution in [0.25, 0.3) is 5.69 Å². The van der Waals surface area contributed by atoms with Crippen molar-refractivity contribution in [3.63, 3.8) is 0 Å². The first-order chi connectivity index (χ1) is 13.2. The molecule has 0 bridgehead atoms. The number of benzene rings is 2. The first-order valence-corrected chi connectivity index (χ1v) is 9.09. The zero-order valence-corrected chi connectivity index (χ0v) is 14.9. The van der Waals surface area contributed by atoms with Gasteiger partial charge < -0.3 is 14.8 Å². The summed E-state index contributed by atoms with van der Waals surface area (Å²) in [5, 5.41) is 7.57. The van der Waals surface area contributed by atoms with Crippen molar-refractivity contribution in [3.8, 4) is 17.2 Å². The molecule has 1 unspecified atom stereocenters. The lowest BCUT2D eigenvalue weighted by molar-refractivity contribution is -0.116. The molecule has 136 valence electrons. The van der Waals surface area contributed by atoms with Crippen molar-refractivity contribution in [1.29, 1.82) is 0 Å². The second-order valence-electron chi connectivity index (χ2n) is 6.80. The van der Waals surface area contributed by atoms with E-state index in [-0.39, 0.29) is 18.6 Å². The SMILES string of the molecule is CCc1cccc(-n2ncc3c2NC(=O)CC3c2ccc3c(c2)OCO3)c1. The number of hydrogen-bond acceptors (Lipinski definition) is 4. The third-order valence-corrected chi connectivity index (χ3v) is 5.18. The van der Waals surface area contributed by atoms with E-state index in [4.69, 9.17) is 9.47 Å². The van der Waals surface area contributed by atoms with E-state index < -0.39 is 0 Å². The predicted octanol–water partition coefficient (Wildman–Crippen LogP) is 3.64. The maximum absolute atomic E-state index is 12.4. The van der Waals surface area contributed by atoms with E-state index in [9.17, 15) is 4.79 Å². The van der Waals surface area contributed by atoms with Crippen LogP contribution in [0.1, 0.15) is 36.0 Å². The van der Waals surface area contributed by atoms with E-state index in [1.165, 1.54) is 5.56 Å². The average molecular weight is 361 g/mol. The number of amides is 1. The average Bonchev–Trinajstić information content (AvgIpc) is 3.33. The molecule has 0 radical (unpaired) electrons. The normalized spacial score (nSPS) is 17.5. The second kappa shape index (κ2) is 6.16. The van der Waals surface area contributed by atoms with Gasteiger partial charge in [0.05, 0.1) is 11.9 Å². The number of fused-ring (bicyclic) bond motifs is 2. The van der Waals surface area contributed by atoms with Gasteiger partial charge in [0, 0.05) is 17.9 Å². The Labute approximate surface area is 156 Å². The molecule has 1 amide bonds. The minimum absolute atomic E-state index is 0.0152. The molecule has 0 saturated heterocycles. The highest BCUT2D eigenvalue weighted by atomic mass is 16.7. The number of aromatic nitrogens is 2. The molecule has 2 aliphatic rings. The van der Waals surface area contributed by atoms with Crippen molar-refractivity contribution in [1.82, 2.24) is 9.78 Å². The molecule has 1 aromatic heterocycles. The summed E-state index contributed by atoms with van der Waals surface area (Å²) in [5.74, 6) is 2.13. The number of nitrogens with zero attached hydrogens (tertiary/aromatic N) is 2. The lowest BCUT2D eigenvalue weighted by atomic mass is 9.87. The topological polar surface area (TPSA) is 65.4 Å². The zero-order valence-electron chi connectivity index (χ0n) is 14.9. The highest BCUT2D eigenvalue weighted by Gasteiger charge is 2.31. The third-order valence-electron chi connectivity index (χ3n) is 5.18. The Hall–Kier alpha value is -3.28. The van der Waals surface area contributed by atoms with Crippen LogP contribution in [0, 0.1) is 0 Å². The van der Waals surface area contributed by atoms with Crippen LogP contribution in [0.4, 0.5) is 5.82 Å². The molecule has 1 atom stereocenters. The van der Waals surface area contributed by atoms with Crippen LogP contribution in [-0.2, 0) is 11.2 Å². The van der Waals surface area contributed by atoms with Crippen LogP contribution in [0.3, 0.4) is 0 Å². The van der Waals surface area contributed by atoms with Crippen LogP contribution in [0.15, 0.2) is 48.7 Å². The summed E-state index contributed by atoms with van der Waals surface area (Å²) < 4.78 is 12.7. The Morgan fingerprint density at radius 3 is 2.96 bits per heavy atom. The second-order valence-corrected chi connectivity index (χ2v) is 6.80. The summed E-state index contributed by atoms with van der Waals surface area (Å²) in [7, 11) is 0. The molecule has 0 fully saturated rings. The van der Waals surface area contributed by atoms with Gasteiger partial charge in [0.15, 0.2) is 11.5 Å². The first-order valence-electron chi connectivity index (χ1n) is 9.09. The van der Waals surface area contributed by atoms with E-state index in [1.54, 1.807) is 0 Å². The minimum atomic E-state index is -0.0636. The van der Waals surface area contributed by atoms with E-state index in [1.807, 2.05) is 41.2 Å². The number of ether oxygens (including phenoxy) is 2. The largest absolute Gasteiger partial charge is 0.454 e. The molecule has 3 heterocycles. The van der Waals surface area contributed by atoms with Crippen LogP contribution in [-0.4, -0.2) is 22.5 Å². The number of nitrogens with one attached hydrogen (secondary N) is 1. The highest BCUT2D eigenvalue weighted by molar-refractivity contribution is 5.94. The maximum Gasteiger partial charge on any atom is 0.231 e. The van der Waals surface area contributed by atoms with Gasteiger partial charge in [0.2, 0.25) is 12.7 Å². The van der Waals surface area contributed by atoms with E-state index >= 15 is 0 Å². The lowest BCUT2D eigenvalue weighted by Crippen LogP contribution is -2.24. The van der Waals surface area contributed by atoms with Crippen molar-refractivity contribution in [2.75, 3.05) is 12.1 Å². The van der Waals surface area contributed by atoms with Crippen molar-refractivity contribution >= 4 is 11.7 Å². The van der Waals surface area contributed by atoms with Crippen molar-refractivity contribution in [2.45, 2.75) is 25.7 Å². The highest BCUT2D eigenvalue weighted by Crippen LogP contribution is 2.41. The Morgan fingerprint density at radius 2 is 2.07 bits per heavy atom. The van der Waals surface area contributed by atoms with Crippen LogP contribution in [0.5, 0.6) is 11.5 Å². The number of carbonyl (C=O) groups excluding carboxylic acids is 1. The van der Waals surface area contributed by atoms with Gasteiger partial charge in [-0.2, -0.15) is 5.10 Å². The first kappa shape index (κ1) is 15.9. The van der Waals surface area contributed by atoms with Crippen molar-refractivity contribution in [2.24, 2.45) is 0 Å². The third kappa shape index (κ3) is 2.65. The molecule has 2 aromatic carbocycles. The molecule has 0 spiro atoms. The maximum atomic E-state index is 12.4. The molecule has 6 nitrogen and oxygen atoms in total. The van der Waals surface area contributed by atoms with Crippen LogP contribution in [0.2, 0.25) is 0 Å². The van der Waals surface area contributed by atoms with Gasteiger partial charge in [-0.1, -0.05) is 25.1 Å². The molecule has 5 rings (SSSR count). The minimum Gasteiger partial charge on any atom is -0.454 e. The van der Waals surface area contributed by atoms with Gasteiger partial charge in [-0.15, -0.1) is 0 Å². The number of hydrogen-bond donors (Lipinski definition) is 1. The molecule has 2 aliphatic heterocycles. The quantitative estimate of drug-likeness (QED) is 0.774. The Kier molecular flexibility index (Phi) is 3.63. The zero-order chi connectivity index (χ0) is 18.4. The number of carbonyl (C=O) groups is 1. The fraction of sp³-hybridized carbons (Fsp3) is 0.238. The summed E-state index contributed by atoms with van der Waals surface area (Å²) in [6, 6.07) is 14.1. The Morgan fingerprint density at radius 1 is 1.19 bits per heavy atom. The Balaban J connectivity index is 1.58. The predicted molar refractivity (Wildman–Crippen MR) is 101 cm³/mol. The molecular weight excluding hydrogens is 342 g/mol. The van der Waals surface area contributed by atoms with Gasteiger partial charge in [-0.25, -0.2) is 4.68 Å². The van der Waals surface area contributed by atoms with E-state index in [0.29, 0.717) is 6.42 Å². The lowest BCUT2D eigenvalue weighted by Gasteiger charge is -2.24. The van der Waals surface area contributed by atoms with Crippen LogP contribution < -0.4 is 14.8 Å². The summed E-state index contributed by atoms with van der Waals surface area (Å²) in [6.45, 7) is 2.36. The summed E-state index contributed by atoms with van der Waals surface area (Å²) in [5.41, 5.74) is 4.21. The van der Waals surface area contributed by atoms with Crippen molar-refractivity contribution < 1.29 is 14.3 Å². The van der Waals surface area contributed by atoms with Crippen LogP contribution >= 0.6 is 0 Å². The molecule has 3 aromatic rings. The van der Waals surface area contributed by atoms with Gasteiger partial charge >= 0.3 is 0 Å². The van der Waals surface area contributed by atoms with Gasteiger partial charge in [-0.05, 0) is 41.8 Å². The van der Waals surface area contributed by atoms with Gasteiger partial charge in [0.25, 0.3) is 0 Å². The molecule has 6 heteroatoms. The summed E-state index contributed by atoms with van der Waals surface area (Å²) in [6.07, 6.45) is 3.18. The molecule has 1 N–H and O–H groups in total. The number of aryl methyl sites for hydroxylation is 1. The fourth-order valence-corrected chi connectivity index (χ4v) is 3.75. The number of anilines is 1. The summed E-state index contributed by atoms with van der Waals surface area (Å²) in [4.78, 5) is 12.4. The standard InChI is InChI=1S/C21H19N3O3/c1-2-13-4-3-5-15(8-13)24-21-17(11-22-24)16(10-20(25)23-21)14-6-7-18-19(9-14)27-12-26-18/h3-9,11,16H,2,10,12H2,1H3,(H,23,25). The Bertz CT molecular complexity index is 1040. The fourth-order valence-electron chi connectivity index (χ4n) is 3.75. The smallest absolute Gasteiger partial charge is 0.231 e.